The van der Waals surface area contributed by atoms with Crippen molar-refractivity contribution < 1.29 is 13.2 Å². The molecule has 0 saturated carbocycles. The van der Waals surface area contributed by atoms with Crippen LogP contribution >= 0.6 is 22.9 Å². The molecule has 25 heavy (non-hydrogen) atoms. The van der Waals surface area contributed by atoms with Gasteiger partial charge in [0.25, 0.3) is 5.91 Å². The number of carbonyl (C=O) groups excluding carboxylic acids is 1. The minimum atomic E-state index is -3.42. The number of sulfone groups is 1. The van der Waals surface area contributed by atoms with Gasteiger partial charge in [0.2, 0.25) is 0 Å². The van der Waals surface area contributed by atoms with E-state index in [0.717, 1.165) is 49.2 Å². The second kappa shape index (κ2) is 6.41. The number of thiophene rings is 1. The van der Waals surface area contributed by atoms with E-state index in [2.05, 4.69) is 0 Å². The van der Waals surface area contributed by atoms with Crippen LogP contribution in [-0.2, 0) is 15.6 Å². The zero-order valence-corrected chi connectivity index (χ0v) is 16.0. The van der Waals surface area contributed by atoms with Crippen LogP contribution in [0.25, 0.3) is 10.4 Å². The summed E-state index contributed by atoms with van der Waals surface area (Å²) in [7, 11) is -3.42. The monoisotopic (exact) mass is 395 g/mol. The number of likely N-dealkylation sites (tertiary alicyclic amines) is 1. The Balaban J connectivity index is 1.75. The van der Waals surface area contributed by atoms with Crippen molar-refractivity contribution in [3.63, 3.8) is 0 Å². The van der Waals surface area contributed by atoms with E-state index in [1.807, 2.05) is 4.90 Å². The Labute approximate surface area is 156 Å². The Morgan fingerprint density at radius 2 is 1.80 bits per heavy atom. The van der Waals surface area contributed by atoms with Gasteiger partial charge in [0, 0.05) is 28.6 Å². The molecule has 0 unspecified atom stereocenters. The van der Waals surface area contributed by atoms with Gasteiger partial charge in [0.1, 0.15) is 0 Å². The third kappa shape index (κ3) is 3.11. The minimum Gasteiger partial charge on any atom is -0.338 e. The molecule has 0 radical (unpaired) electrons. The lowest BCUT2D eigenvalue weighted by atomic mass is 10.1. The van der Waals surface area contributed by atoms with Crippen molar-refractivity contribution in [1.29, 1.82) is 0 Å². The van der Waals surface area contributed by atoms with Gasteiger partial charge in [-0.05, 0) is 36.6 Å². The highest BCUT2D eigenvalue weighted by molar-refractivity contribution is 7.91. The summed E-state index contributed by atoms with van der Waals surface area (Å²) in [5.41, 5.74) is 1.38. The predicted molar refractivity (Wildman–Crippen MR) is 100 cm³/mol. The molecule has 1 fully saturated rings. The van der Waals surface area contributed by atoms with Gasteiger partial charge in [-0.3, -0.25) is 4.79 Å². The Kier molecular flexibility index (Phi) is 4.38. The molecule has 132 valence electrons. The molecule has 2 aliphatic rings. The highest BCUT2D eigenvalue weighted by atomic mass is 35.5. The van der Waals surface area contributed by atoms with Gasteiger partial charge in [0.15, 0.2) is 9.84 Å². The van der Waals surface area contributed by atoms with Crippen LogP contribution < -0.4 is 0 Å². The number of nitrogens with zero attached hydrogens (tertiary/aromatic N) is 1. The average Bonchev–Trinajstić information content (AvgIpc) is 2.80. The van der Waals surface area contributed by atoms with Gasteiger partial charge >= 0.3 is 0 Å². The lowest BCUT2D eigenvalue weighted by Crippen LogP contribution is -2.31. The maximum Gasteiger partial charge on any atom is 0.263 e. The molecule has 0 N–H and O–H groups in total. The second-order valence-corrected chi connectivity index (χ2v) is 10.0. The Morgan fingerprint density at radius 3 is 2.52 bits per heavy atom. The van der Waals surface area contributed by atoms with E-state index in [1.54, 1.807) is 18.2 Å². The fourth-order valence-corrected chi connectivity index (χ4v) is 6.71. The lowest BCUT2D eigenvalue weighted by Gasteiger charge is -2.19. The van der Waals surface area contributed by atoms with Crippen LogP contribution in [0.5, 0.6) is 0 Å². The Hall–Kier alpha value is -1.37. The molecule has 1 saturated heterocycles. The number of fused-ring (bicyclic) bond motifs is 3. The number of hydrogen-bond acceptors (Lipinski definition) is 4. The summed E-state index contributed by atoms with van der Waals surface area (Å²) in [5.74, 6) is -0.0476. The first-order valence-corrected chi connectivity index (χ1v) is 11.2. The van der Waals surface area contributed by atoms with E-state index in [1.165, 1.54) is 17.4 Å². The maximum absolute atomic E-state index is 12.9. The summed E-state index contributed by atoms with van der Waals surface area (Å²) in [6, 6.07) is 6.71. The topological polar surface area (TPSA) is 54.5 Å². The van der Waals surface area contributed by atoms with Gasteiger partial charge in [-0.1, -0.05) is 30.5 Å². The van der Waals surface area contributed by atoms with Crippen molar-refractivity contribution in [3.8, 4) is 10.4 Å². The molecule has 4 nitrogen and oxygen atoms in total. The largest absolute Gasteiger partial charge is 0.338 e. The standard InChI is InChI=1S/C18H18ClNO3S2/c19-13-5-6-14-16(10-13)25(22,23)11-12-9-15(24-17(12)14)18(21)20-7-3-1-2-4-8-20/h5-6,9-10H,1-4,7-8,11H2. The van der Waals surface area contributed by atoms with Crippen LogP contribution in [0.2, 0.25) is 5.02 Å². The maximum atomic E-state index is 12.9. The summed E-state index contributed by atoms with van der Waals surface area (Å²) in [5, 5.41) is 0.406. The predicted octanol–water partition coefficient (Wildman–Crippen LogP) is 4.37. The number of benzene rings is 1. The number of halogens is 1. The number of hydrogen-bond donors (Lipinski definition) is 0. The Bertz CT molecular complexity index is 941. The molecular formula is C18H18ClNO3S2. The minimum absolute atomic E-state index is 0.0224. The highest BCUT2D eigenvalue weighted by Crippen LogP contribution is 2.43. The lowest BCUT2D eigenvalue weighted by molar-refractivity contribution is 0.0766. The van der Waals surface area contributed by atoms with Crippen molar-refractivity contribution in [2.75, 3.05) is 13.1 Å². The summed E-state index contributed by atoms with van der Waals surface area (Å²) in [6.07, 6.45) is 4.40. The van der Waals surface area contributed by atoms with Crippen LogP contribution in [-0.4, -0.2) is 32.3 Å². The van der Waals surface area contributed by atoms with Crippen LogP contribution in [0.15, 0.2) is 29.2 Å². The molecule has 0 aliphatic carbocycles. The molecule has 0 spiro atoms. The van der Waals surface area contributed by atoms with Crippen molar-refractivity contribution in [2.24, 2.45) is 0 Å². The van der Waals surface area contributed by atoms with E-state index in [0.29, 0.717) is 15.5 Å². The van der Waals surface area contributed by atoms with Crippen molar-refractivity contribution in [3.05, 3.63) is 39.7 Å². The van der Waals surface area contributed by atoms with Gasteiger partial charge in [-0.2, -0.15) is 0 Å². The second-order valence-electron chi connectivity index (χ2n) is 6.57. The van der Waals surface area contributed by atoms with Gasteiger partial charge in [-0.25, -0.2) is 8.42 Å². The summed E-state index contributed by atoms with van der Waals surface area (Å²) >= 11 is 7.38. The van der Waals surface area contributed by atoms with Crippen molar-refractivity contribution in [1.82, 2.24) is 4.90 Å². The number of rotatable bonds is 1. The van der Waals surface area contributed by atoms with Crippen molar-refractivity contribution >= 4 is 38.7 Å². The number of amides is 1. The molecule has 3 heterocycles. The molecule has 1 aromatic heterocycles. The zero-order valence-electron chi connectivity index (χ0n) is 13.6. The first-order valence-electron chi connectivity index (χ1n) is 8.40. The third-order valence-corrected chi connectivity index (χ3v) is 7.91. The molecule has 4 rings (SSSR count). The van der Waals surface area contributed by atoms with Crippen LogP contribution in [0.4, 0.5) is 0 Å². The molecule has 0 atom stereocenters. The van der Waals surface area contributed by atoms with E-state index < -0.39 is 9.84 Å². The SMILES string of the molecule is O=C(c1cc2c(s1)-c1ccc(Cl)cc1S(=O)(=O)C2)N1CCCCCC1. The number of carbonyl (C=O) groups is 1. The van der Waals surface area contributed by atoms with E-state index in [9.17, 15) is 13.2 Å². The van der Waals surface area contributed by atoms with Crippen LogP contribution in [0.3, 0.4) is 0 Å². The normalized spacial score (nSPS) is 19.0. The van der Waals surface area contributed by atoms with Gasteiger partial charge < -0.3 is 4.90 Å². The summed E-state index contributed by atoms with van der Waals surface area (Å²) < 4.78 is 25.1. The van der Waals surface area contributed by atoms with E-state index in [-0.39, 0.29) is 16.6 Å². The first-order chi connectivity index (χ1) is 12.0. The Morgan fingerprint density at radius 1 is 1.08 bits per heavy atom. The molecule has 1 aromatic carbocycles. The molecular weight excluding hydrogens is 378 g/mol. The molecule has 2 aliphatic heterocycles. The summed E-state index contributed by atoms with van der Waals surface area (Å²) in [4.78, 5) is 16.5. The van der Waals surface area contributed by atoms with E-state index >= 15 is 0 Å². The molecule has 1 amide bonds. The fraction of sp³-hybridized carbons (Fsp3) is 0.389. The molecule has 2 aromatic rings. The van der Waals surface area contributed by atoms with Crippen LogP contribution in [0, 0.1) is 0 Å². The third-order valence-electron chi connectivity index (χ3n) is 4.78. The van der Waals surface area contributed by atoms with Gasteiger partial charge in [-0.15, -0.1) is 11.3 Å². The quantitative estimate of drug-likeness (QED) is 0.720. The van der Waals surface area contributed by atoms with E-state index in [4.69, 9.17) is 11.6 Å². The molecule has 0 bridgehead atoms. The highest BCUT2D eigenvalue weighted by Gasteiger charge is 2.32. The van der Waals surface area contributed by atoms with Crippen LogP contribution in [0.1, 0.15) is 40.9 Å². The van der Waals surface area contributed by atoms with Crippen molar-refractivity contribution in [2.45, 2.75) is 36.3 Å². The fourth-order valence-electron chi connectivity index (χ4n) is 3.52. The van der Waals surface area contributed by atoms with Gasteiger partial charge in [0.05, 0.1) is 15.5 Å². The molecule has 7 heteroatoms. The summed E-state index contributed by atoms with van der Waals surface area (Å²) in [6.45, 7) is 1.57. The smallest absolute Gasteiger partial charge is 0.263 e. The zero-order chi connectivity index (χ0) is 17.6. The average molecular weight is 396 g/mol. The first kappa shape index (κ1) is 17.1.